The number of fused-ring (bicyclic) bond motifs is 2. The first-order chi connectivity index (χ1) is 12.5. The van der Waals surface area contributed by atoms with Gasteiger partial charge in [-0.2, -0.15) is 0 Å². The molecule has 0 atom stereocenters. The van der Waals surface area contributed by atoms with Gasteiger partial charge in [0.25, 0.3) is 0 Å². The smallest absolute Gasteiger partial charge is 0.337 e. The molecule has 0 radical (unpaired) electrons. The molecule has 2 aliphatic rings. The zero-order chi connectivity index (χ0) is 18.5. The highest BCUT2D eigenvalue weighted by molar-refractivity contribution is 6.33. The molecule has 0 saturated heterocycles. The monoisotopic (exact) mass is 393 g/mol. The first-order valence-corrected chi connectivity index (χ1v) is 9.51. The number of carboxylic acid groups (broad SMARTS) is 1. The maximum absolute atomic E-state index is 10.8. The molecule has 26 heavy (non-hydrogen) atoms. The van der Waals surface area contributed by atoms with Gasteiger partial charge in [0.2, 0.25) is 0 Å². The lowest BCUT2D eigenvalue weighted by atomic mass is 9.90. The number of ether oxygens (including phenoxy) is 1. The Morgan fingerprint density at radius 1 is 1.04 bits per heavy atom. The van der Waals surface area contributed by atoms with E-state index in [0.717, 1.165) is 60.9 Å². The van der Waals surface area contributed by atoms with Gasteiger partial charge in [0.05, 0.1) is 22.9 Å². The van der Waals surface area contributed by atoms with Gasteiger partial charge in [-0.15, -0.1) is 0 Å². The lowest BCUT2D eigenvalue weighted by molar-refractivity contribution is 0.0697. The molecule has 6 heteroatoms. The highest BCUT2D eigenvalue weighted by Crippen LogP contribution is 2.29. The Labute approximate surface area is 163 Å². The molecule has 0 bridgehead atoms. The van der Waals surface area contributed by atoms with Gasteiger partial charge in [-0.1, -0.05) is 23.2 Å². The van der Waals surface area contributed by atoms with Crippen LogP contribution in [-0.2, 0) is 12.8 Å². The molecule has 138 valence electrons. The highest BCUT2D eigenvalue weighted by atomic mass is 35.5. The molecule has 0 aromatic heterocycles. The van der Waals surface area contributed by atoms with E-state index in [-0.39, 0.29) is 5.56 Å². The SMILES string of the molecule is Clc1ccc2c(c1)OCCCN2.O=C(O)c1cc2c(cc1Cl)CCCC2. The number of nitrogens with one attached hydrogen (secondary N) is 1. The number of carboxylic acids is 1. The number of hydrogen-bond acceptors (Lipinski definition) is 3. The van der Waals surface area contributed by atoms with Crippen LogP contribution in [0.25, 0.3) is 0 Å². The standard InChI is InChI=1S/C11H11ClO2.C9H10ClNO/c12-10-6-8-4-2-1-3-7(8)5-9(10)11(13)14;10-7-2-3-8-9(6-7)12-5-1-4-11-8/h5-6H,1-4H2,(H,13,14);2-3,6,11H,1,4-5H2. The number of halogens is 2. The van der Waals surface area contributed by atoms with E-state index in [2.05, 4.69) is 5.32 Å². The van der Waals surface area contributed by atoms with Gasteiger partial charge in [0.15, 0.2) is 0 Å². The van der Waals surface area contributed by atoms with Crippen LogP contribution in [0, 0.1) is 0 Å². The molecule has 1 aliphatic carbocycles. The van der Waals surface area contributed by atoms with E-state index in [4.69, 9.17) is 33.0 Å². The molecule has 4 rings (SSSR count). The van der Waals surface area contributed by atoms with Crippen molar-refractivity contribution in [3.63, 3.8) is 0 Å². The summed E-state index contributed by atoms with van der Waals surface area (Å²) in [5.41, 5.74) is 3.63. The van der Waals surface area contributed by atoms with Gasteiger partial charge < -0.3 is 15.2 Å². The van der Waals surface area contributed by atoms with E-state index in [1.54, 1.807) is 12.1 Å². The van der Waals surface area contributed by atoms with Crippen LogP contribution in [0.4, 0.5) is 5.69 Å². The fraction of sp³-hybridized carbons (Fsp3) is 0.350. The summed E-state index contributed by atoms with van der Waals surface area (Å²) in [7, 11) is 0. The van der Waals surface area contributed by atoms with E-state index in [1.807, 2.05) is 18.2 Å². The molecule has 2 N–H and O–H groups in total. The fourth-order valence-electron chi connectivity index (χ4n) is 3.16. The van der Waals surface area contributed by atoms with E-state index in [9.17, 15) is 4.79 Å². The Bertz CT molecular complexity index is 808. The van der Waals surface area contributed by atoms with Crippen molar-refractivity contribution in [1.29, 1.82) is 0 Å². The van der Waals surface area contributed by atoms with Gasteiger partial charge in [0.1, 0.15) is 5.75 Å². The van der Waals surface area contributed by atoms with Crippen LogP contribution in [0.2, 0.25) is 10.0 Å². The quantitative estimate of drug-likeness (QED) is 0.675. The summed E-state index contributed by atoms with van der Waals surface area (Å²) in [5.74, 6) is -0.0802. The average molecular weight is 394 g/mol. The van der Waals surface area contributed by atoms with Crippen LogP contribution in [0.3, 0.4) is 0 Å². The molecule has 2 aromatic rings. The lowest BCUT2D eigenvalue weighted by Gasteiger charge is -2.16. The summed E-state index contributed by atoms with van der Waals surface area (Å²) >= 11 is 11.7. The third-order valence-corrected chi connectivity index (χ3v) is 5.05. The molecule has 1 heterocycles. The second-order valence-electron chi connectivity index (χ2n) is 6.38. The number of aryl methyl sites for hydroxylation is 2. The number of aromatic carboxylic acids is 1. The van der Waals surface area contributed by atoms with E-state index in [0.29, 0.717) is 5.02 Å². The molecule has 1 aliphatic heterocycles. The Hall–Kier alpha value is -1.91. The molecular formula is C20H21Cl2NO3. The minimum Gasteiger partial charge on any atom is -0.491 e. The van der Waals surface area contributed by atoms with E-state index >= 15 is 0 Å². The van der Waals surface area contributed by atoms with Crippen LogP contribution in [0.15, 0.2) is 30.3 Å². The summed E-state index contributed by atoms with van der Waals surface area (Å²) in [4.78, 5) is 10.8. The van der Waals surface area contributed by atoms with E-state index < -0.39 is 5.97 Å². The topological polar surface area (TPSA) is 58.6 Å². The van der Waals surface area contributed by atoms with Crippen LogP contribution >= 0.6 is 23.2 Å². The zero-order valence-electron chi connectivity index (χ0n) is 14.4. The minimum absolute atomic E-state index is 0.229. The third-order valence-electron chi connectivity index (χ3n) is 4.50. The predicted molar refractivity (Wildman–Crippen MR) is 105 cm³/mol. The van der Waals surface area contributed by atoms with Crippen molar-refractivity contribution < 1.29 is 14.6 Å². The molecule has 4 nitrogen and oxygen atoms in total. The number of benzene rings is 2. The summed E-state index contributed by atoms with van der Waals surface area (Å²) < 4.78 is 5.48. The third kappa shape index (κ3) is 4.63. The van der Waals surface area contributed by atoms with Crippen molar-refractivity contribution in [2.75, 3.05) is 18.5 Å². The van der Waals surface area contributed by atoms with Crippen LogP contribution < -0.4 is 10.1 Å². The van der Waals surface area contributed by atoms with Crippen molar-refractivity contribution in [2.24, 2.45) is 0 Å². The number of hydrogen-bond donors (Lipinski definition) is 2. The van der Waals surface area contributed by atoms with Gasteiger partial charge in [-0.3, -0.25) is 0 Å². The molecule has 2 aromatic carbocycles. The fourth-order valence-corrected chi connectivity index (χ4v) is 3.59. The van der Waals surface area contributed by atoms with Gasteiger partial charge in [-0.25, -0.2) is 4.79 Å². The maximum Gasteiger partial charge on any atom is 0.337 e. The molecule has 0 unspecified atom stereocenters. The summed E-state index contributed by atoms with van der Waals surface area (Å²) in [6, 6.07) is 9.18. The lowest BCUT2D eigenvalue weighted by Crippen LogP contribution is -2.06. The molecular weight excluding hydrogens is 373 g/mol. The Kier molecular flexibility index (Phi) is 6.28. The highest BCUT2D eigenvalue weighted by Gasteiger charge is 2.15. The first-order valence-electron chi connectivity index (χ1n) is 8.75. The van der Waals surface area contributed by atoms with Crippen molar-refractivity contribution in [3.05, 3.63) is 57.1 Å². The number of anilines is 1. The van der Waals surface area contributed by atoms with Crippen LogP contribution in [0.1, 0.15) is 40.7 Å². The predicted octanol–water partition coefficient (Wildman–Crippen LogP) is 5.45. The Morgan fingerprint density at radius 3 is 2.50 bits per heavy atom. The molecule has 0 amide bonds. The van der Waals surface area contributed by atoms with Crippen LogP contribution in [-0.4, -0.2) is 24.2 Å². The normalized spacial score (nSPS) is 15.2. The van der Waals surface area contributed by atoms with Gasteiger partial charge in [-0.05, 0) is 67.5 Å². The van der Waals surface area contributed by atoms with Crippen molar-refractivity contribution in [1.82, 2.24) is 0 Å². The van der Waals surface area contributed by atoms with Crippen molar-refractivity contribution in [3.8, 4) is 5.75 Å². The summed E-state index contributed by atoms with van der Waals surface area (Å²) in [6.45, 7) is 1.73. The Balaban J connectivity index is 0.000000152. The molecule has 0 spiro atoms. The largest absolute Gasteiger partial charge is 0.491 e. The summed E-state index contributed by atoms with van der Waals surface area (Å²) in [5, 5.41) is 13.2. The second kappa shape index (κ2) is 8.65. The van der Waals surface area contributed by atoms with Crippen molar-refractivity contribution in [2.45, 2.75) is 32.1 Å². The summed E-state index contributed by atoms with van der Waals surface area (Å²) in [6.07, 6.45) is 5.36. The maximum atomic E-state index is 10.8. The average Bonchev–Trinajstić information content (AvgIpc) is 2.86. The second-order valence-corrected chi connectivity index (χ2v) is 7.23. The van der Waals surface area contributed by atoms with Gasteiger partial charge in [0, 0.05) is 17.6 Å². The van der Waals surface area contributed by atoms with Gasteiger partial charge >= 0.3 is 5.97 Å². The van der Waals surface area contributed by atoms with E-state index in [1.165, 1.54) is 12.0 Å². The number of rotatable bonds is 1. The Morgan fingerprint density at radius 2 is 1.77 bits per heavy atom. The first kappa shape index (κ1) is 18.9. The zero-order valence-corrected chi connectivity index (χ0v) is 15.9. The minimum atomic E-state index is -0.941. The molecule has 0 fully saturated rings. The van der Waals surface area contributed by atoms with Crippen molar-refractivity contribution >= 4 is 34.9 Å². The number of carbonyl (C=O) groups is 1. The van der Waals surface area contributed by atoms with Crippen LogP contribution in [0.5, 0.6) is 5.75 Å². The molecule has 0 saturated carbocycles.